The Labute approximate surface area is 252 Å². The van der Waals surface area contributed by atoms with E-state index >= 15 is 0 Å². The Morgan fingerprint density at radius 3 is 2.14 bits per heavy atom. The predicted octanol–water partition coefficient (Wildman–Crippen LogP) is 7.33. The van der Waals surface area contributed by atoms with Crippen LogP contribution in [0.15, 0.2) is 91.0 Å². The number of aromatic amines is 1. The van der Waals surface area contributed by atoms with E-state index in [0.717, 1.165) is 50.3 Å². The molecule has 0 aliphatic carbocycles. The third kappa shape index (κ3) is 5.27. The molecule has 5 aromatic rings. The van der Waals surface area contributed by atoms with Crippen molar-refractivity contribution in [3.8, 4) is 28.4 Å². The summed E-state index contributed by atoms with van der Waals surface area (Å²) in [6, 6.07) is 29.6. The standard InChI is InChI=1S/C36H36N2O5/c1-22(2)43-36(39)31-21-29-28-8-6-7-9-30(28)37-34(29)35(25-14-19-32(41-4)33(20-25)42-5)38(31)26-15-10-23(11-16-26)24-12-17-27(40-3)18-13-24/h6-20,22,31,35,37H,21H2,1-5H3/t31-,35-/m0/s1. The fourth-order valence-corrected chi connectivity index (χ4v) is 6.08. The number of aromatic nitrogens is 1. The Morgan fingerprint density at radius 2 is 1.49 bits per heavy atom. The van der Waals surface area contributed by atoms with Gasteiger partial charge in [-0.05, 0) is 78.6 Å². The van der Waals surface area contributed by atoms with Gasteiger partial charge in [-0.25, -0.2) is 4.79 Å². The topological polar surface area (TPSA) is 73.0 Å². The van der Waals surface area contributed by atoms with E-state index in [-0.39, 0.29) is 18.1 Å². The third-order valence-corrected chi connectivity index (χ3v) is 8.07. The van der Waals surface area contributed by atoms with Crippen molar-refractivity contribution >= 4 is 22.6 Å². The van der Waals surface area contributed by atoms with E-state index in [4.69, 9.17) is 18.9 Å². The lowest BCUT2D eigenvalue weighted by atomic mass is 9.87. The maximum absolute atomic E-state index is 13.9. The summed E-state index contributed by atoms with van der Waals surface area (Å²) in [5.41, 5.74) is 7.22. The second kappa shape index (κ2) is 11.8. The van der Waals surface area contributed by atoms with Crippen LogP contribution in [0.5, 0.6) is 17.2 Å². The highest BCUT2D eigenvalue weighted by Gasteiger charge is 2.42. The molecule has 7 heteroatoms. The number of anilines is 1. The van der Waals surface area contributed by atoms with E-state index in [1.54, 1.807) is 21.3 Å². The first-order valence-corrected chi connectivity index (χ1v) is 14.5. The molecule has 7 nitrogen and oxygen atoms in total. The van der Waals surface area contributed by atoms with Crippen LogP contribution in [0.25, 0.3) is 22.0 Å². The van der Waals surface area contributed by atoms with Crippen LogP contribution in [-0.2, 0) is 16.0 Å². The molecule has 1 aliphatic heterocycles. The maximum Gasteiger partial charge on any atom is 0.329 e. The lowest BCUT2D eigenvalue weighted by Gasteiger charge is -2.43. The molecule has 43 heavy (non-hydrogen) atoms. The Balaban J connectivity index is 1.53. The number of rotatable bonds is 8. The van der Waals surface area contributed by atoms with Crippen LogP contribution in [0.1, 0.15) is 36.7 Å². The van der Waals surface area contributed by atoms with Gasteiger partial charge in [-0.3, -0.25) is 0 Å². The molecule has 4 aromatic carbocycles. The van der Waals surface area contributed by atoms with Gasteiger partial charge in [0.1, 0.15) is 11.8 Å². The molecule has 1 aliphatic rings. The number of nitrogens with one attached hydrogen (secondary N) is 1. The quantitative estimate of drug-likeness (QED) is 0.195. The Bertz CT molecular complexity index is 1740. The maximum atomic E-state index is 13.9. The summed E-state index contributed by atoms with van der Waals surface area (Å²) in [6.07, 6.45) is 0.269. The van der Waals surface area contributed by atoms with Crippen LogP contribution in [-0.4, -0.2) is 44.4 Å². The molecule has 6 rings (SSSR count). The van der Waals surface area contributed by atoms with Gasteiger partial charge in [0.2, 0.25) is 0 Å². The van der Waals surface area contributed by atoms with Gasteiger partial charge in [0.05, 0.1) is 33.5 Å². The van der Waals surface area contributed by atoms with Crippen LogP contribution >= 0.6 is 0 Å². The van der Waals surface area contributed by atoms with E-state index < -0.39 is 6.04 Å². The summed E-state index contributed by atoms with van der Waals surface area (Å²) >= 11 is 0. The van der Waals surface area contributed by atoms with Crippen LogP contribution < -0.4 is 19.1 Å². The van der Waals surface area contributed by atoms with Gasteiger partial charge in [0, 0.05) is 28.7 Å². The number of hydrogen-bond acceptors (Lipinski definition) is 6. The zero-order chi connectivity index (χ0) is 30.1. The first kappa shape index (κ1) is 28.2. The fraction of sp³-hybridized carbons (Fsp3) is 0.250. The van der Waals surface area contributed by atoms with E-state index in [9.17, 15) is 4.79 Å². The summed E-state index contributed by atoms with van der Waals surface area (Å²) in [4.78, 5) is 19.8. The largest absolute Gasteiger partial charge is 0.497 e. The molecule has 1 N–H and O–H groups in total. The molecular weight excluding hydrogens is 540 g/mol. The normalized spacial score (nSPS) is 16.2. The van der Waals surface area contributed by atoms with Gasteiger partial charge < -0.3 is 28.8 Å². The molecule has 0 radical (unpaired) electrons. The molecule has 0 fully saturated rings. The zero-order valence-corrected chi connectivity index (χ0v) is 25.1. The molecule has 2 heterocycles. The number of benzene rings is 4. The average Bonchev–Trinajstić information content (AvgIpc) is 3.41. The number of esters is 1. The number of para-hydroxylation sites is 1. The minimum Gasteiger partial charge on any atom is -0.497 e. The second-order valence-corrected chi connectivity index (χ2v) is 11.0. The molecule has 0 amide bonds. The van der Waals surface area contributed by atoms with E-state index in [0.29, 0.717) is 17.9 Å². The summed E-state index contributed by atoms with van der Waals surface area (Å²) in [7, 11) is 4.93. The molecule has 0 spiro atoms. The zero-order valence-electron chi connectivity index (χ0n) is 25.1. The summed E-state index contributed by atoms with van der Waals surface area (Å²) in [5.74, 6) is 1.83. The third-order valence-electron chi connectivity index (χ3n) is 8.07. The molecule has 0 bridgehead atoms. The lowest BCUT2D eigenvalue weighted by Crippen LogP contribution is -2.50. The van der Waals surface area contributed by atoms with Crippen molar-refractivity contribution in [2.75, 3.05) is 26.2 Å². The van der Waals surface area contributed by atoms with Crippen molar-refractivity contribution in [1.29, 1.82) is 0 Å². The van der Waals surface area contributed by atoms with E-state index in [1.165, 1.54) is 0 Å². The summed E-state index contributed by atoms with van der Waals surface area (Å²) in [6.45, 7) is 3.77. The number of hydrogen-bond donors (Lipinski definition) is 1. The van der Waals surface area contributed by atoms with Gasteiger partial charge >= 0.3 is 5.97 Å². The van der Waals surface area contributed by atoms with Crippen molar-refractivity contribution in [2.24, 2.45) is 0 Å². The molecular formula is C36H36N2O5. The number of fused-ring (bicyclic) bond motifs is 3. The van der Waals surface area contributed by atoms with E-state index in [1.807, 2.05) is 68.4 Å². The average molecular weight is 577 g/mol. The number of carbonyl (C=O) groups is 1. The van der Waals surface area contributed by atoms with Crippen molar-refractivity contribution in [3.63, 3.8) is 0 Å². The number of H-pyrrole nitrogens is 1. The molecule has 0 saturated heterocycles. The number of ether oxygens (including phenoxy) is 4. The van der Waals surface area contributed by atoms with Gasteiger partial charge in [-0.2, -0.15) is 0 Å². The smallest absolute Gasteiger partial charge is 0.329 e. The SMILES string of the molecule is COc1ccc(-c2ccc(N3[C@@H](c4ccc(OC)c(OC)c4)c4[nH]c5ccccc5c4C[C@H]3C(=O)OC(C)C)cc2)cc1. The van der Waals surface area contributed by atoms with Crippen LogP contribution in [0.2, 0.25) is 0 Å². The molecule has 2 atom stereocenters. The molecule has 220 valence electrons. The second-order valence-electron chi connectivity index (χ2n) is 11.0. The highest BCUT2D eigenvalue weighted by Crippen LogP contribution is 2.45. The lowest BCUT2D eigenvalue weighted by molar-refractivity contribution is -0.149. The van der Waals surface area contributed by atoms with Crippen LogP contribution in [0.3, 0.4) is 0 Å². The van der Waals surface area contributed by atoms with Gasteiger partial charge in [-0.1, -0.05) is 48.5 Å². The Kier molecular flexibility index (Phi) is 7.72. The minimum atomic E-state index is -0.556. The van der Waals surface area contributed by atoms with Gasteiger partial charge in [0.25, 0.3) is 0 Å². The van der Waals surface area contributed by atoms with Crippen molar-refractivity contribution < 1.29 is 23.7 Å². The molecule has 0 saturated carbocycles. The highest BCUT2D eigenvalue weighted by atomic mass is 16.5. The van der Waals surface area contributed by atoms with Gasteiger partial charge in [-0.15, -0.1) is 0 Å². The number of methoxy groups -OCH3 is 3. The van der Waals surface area contributed by atoms with Crippen molar-refractivity contribution in [3.05, 3.63) is 108 Å². The number of nitrogens with zero attached hydrogens (tertiary/aromatic N) is 1. The van der Waals surface area contributed by atoms with Crippen LogP contribution in [0.4, 0.5) is 5.69 Å². The first-order valence-electron chi connectivity index (χ1n) is 14.5. The summed E-state index contributed by atoms with van der Waals surface area (Å²) < 4.78 is 22.5. The first-order chi connectivity index (χ1) is 20.9. The van der Waals surface area contributed by atoms with E-state index in [2.05, 4.69) is 46.3 Å². The molecule has 1 aromatic heterocycles. The van der Waals surface area contributed by atoms with Crippen molar-refractivity contribution in [2.45, 2.75) is 38.5 Å². The van der Waals surface area contributed by atoms with Crippen molar-refractivity contribution in [1.82, 2.24) is 4.98 Å². The molecule has 0 unspecified atom stereocenters. The summed E-state index contributed by atoms with van der Waals surface area (Å²) in [5, 5.41) is 1.11. The Morgan fingerprint density at radius 1 is 0.814 bits per heavy atom. The minimum absolute atomic E-state index is 0.240. The Hall–Kier alpha value is -4.91. The van der Waals surface area contributed by atoms with Crippen LogP contribution in [0, 0.1) is 0 Å². The van der Waals surface area contributed by atoms with Gasteiger partial charge in [0.15, 0.2) is 11.5 Å². The fourth-order valence-electron chi connectivity index (χ4n) is 6.08. The highest BCUT2D eigenvalue weighted by molar-refractivity contribution is 5.90. The number of carbonyl (C=O) groups excluding carboxylic acids is 1. The predicted molar refractivity (Wildman–Crippen MR) is 169 cm³/mol. The monoisotopic (exact) mass is 576 g/mol.